The minimum Gasteiger partial charge on any atom is -0.495 e. The van der Waals surface area contributed by atoms with E-state index in [-0.39, 0.29) is 10.9 Å². The number of para-hydroxylation sites is 1. The van der Waals surface area contributed by atoms with Crippen molar-refractivity contribution in [3.63, 3.8) is 0 Å². The largest absolute Gasteiger partial charge is 0.495 e. The monoisotopic (exact) mass is 322 g/mol. The lowest BCUT2D eigenvalue weighted by Gasteiger charge is -2.16. The summed E-state index contributed by atoms with van der Waals surface area (Å²) in [7, 11) is -0.135. The van der Waals surface area contributed by atoms with Crippen LogP contribution in [0.1, 0.15) is 19.0 Å². The Morgan fingerprint density at radius 3 is 2.59 bits per heavy atom. The van der Waals surface area contributed by atoms with Crippen LogP contribution in [0.25, 0.3) is 0 Å². The van der Waals surface area contributed by atoms with Crippen LogP contribution in [0.3, 0.4) is 0 Å². The van der Waals surface area contributed by atoms with Crippen molar-refractivity contribution in [3.05, 3.63) is 48.3 Å². The zero-order chi connectivity index (χ0) is 16.2. The molecule has 0 bridgehead atoms. The molecule has 0 amide bonds. The van der Waals surface area contributed by atoms with E-state index in [2.05, 4.69) is 4.72 Å². The molecule has 0 aliphatic heterocycles. The summed E-state index contributed by atoms with van der Waals surface area (Å²) in [5, 5.41) is 0. The van der Waals surface area contributed by atoms with Crippen molar-refractivity contribution in [2.45, 2.75) is 30.7 Å². The number of sulfonamides is 1. The summed E-state index contributed by atoms with van der Waals surface area (Å²) < 4.78 is 34.8. The summed E-state index contributed by atoms with van der Waals surface area (Å²) >= 11 is 0. The molecule has 0 aliphatic rings. The molecule has 0 radical (unpaired) electrons. The number of hydrogen-bond donors (Lipinski definition) is 1. The third-order valence-corrected chi connectivity index (χ3v) is 5.23. The minimum absolute atomic E-state index is 0.162. The normalized spacial score (nSPS) is 13.0. The van der Waals surface area contributed by atoms with E-state index in [0.717, 1.165) is 12.8 Å². The van der Waals surface area contributed by atoms with Gasteiger partial charge in [-0.05, 0) is 44.0 Å². The van der Waals surface area contributed by atoms with Gasteiger partial charge in [-0.2, -0.15) is 0 Å². The van der Waals surface area contributed by atoms with Gasteiger partial charge in [-0.1, -0.05) is 12.1 Å². The van der Waals surface area contributed by atoms with Crippen LogP contribution >= 0.6 is 0 Å². The van der Waals surface area contributed by atoms with Crippen LogP contribution in [0.2, 0.25) is 0 Å². The van der Waals surface area contributed by atoms with Crippen molar-refractivity contribution in [1.82, 2.24) is 9.29 Å². The molecule has 120 valence electrons. The van der Waals surface area contributed by atoms with Gasteiger partial charge >= 0.3 is 0 Å². The van der Waals surface area contributed by atoms with E-state index in [4.69, 9.17) is 4.74 Å². The van der Waals surface area contributed by atoms with E-state index in [1.54, 1.807) is 24.3 Å². The van der Waals surface area contributed by atoms with Gasteiger partial charge in [0.25, 0.3) is 0 Å². The molecule has 0 saturated heterocycles. The summed E-state index contributed by atoms with van der Waals surface area (Å²) in [6, 6.07) is 10.5. The Balaban J connectivity index is 2.03. The molecule has 0 fully saturated rings. The van der Waals surface area contributed by atoms with E-state index in [9.17, 15) is 8.42 Å². The molecule has 1 atom stereocenters. The first-order chi connectivity index (χ1) is 10.4. The zero-order valence-electron chi connectivity index (χ0n) is 13.1. The summed E-state index contributed by atoms with van der Waals surface area (Å²) in [6.07, 6.45) is 3.53. The first-order valence-corrected chi connectivity index (χ1v) is 8.68. The van der Waals surface area contributed by atoms with E-state index < -0.39 is 10.0 Å². The highest BCUT2D eigenvalue weighted by Crippen LogP contribution is 2.23. The molecule has 2 aromatic rings. The Kier molecular flexibility index (Phi) is 5.26. The lowest BCUT2D eigenvalue weighted by molar-refractivity contribution is 0.402. The number of rotatable bonds is 7. The molecule has 1 N–H and O–H groups in total. The topological polar surface area (TPSA) is 60.3 Å². The van der Waals surface area contributed by atoms with Gasteiger partial charge in [0, 0.05) is 25.0 Å². The lowest BCUT2D eigenvalue weighted by atomic mass is 10.1. The number of hydrogen-bond acceptors (Lipinski definition) is 3. The average molecular weight is 322 g/mol. The van der Waals surface area contributed by atoms with Gasteiger partial charge in [-0.3, -0.25) is 0 Å². The highest BCUT2D eigenvalue weighted by Gasteiger charge is 2.21. The summed E-state index contributed by atoms with van der Waals surface area (Å²) in [5.74, 6) is 0.352. The van der Waals surface area contributed by atoms with Crippen LogP contribution in [-0.4, -0.2) is 26.1 Å². The van der Waals surface area contributed by atoms with E-state index in [1.165, 1.54) is 12.8 Å². The molecule has 2 rings (SSSR count). The molecule has 22 heavy (non-hydrogen) atoms. The Morgan fingerprint density at radius 1 is 1.23 bits per heavy atom. The van der Waals surface area contributed by atoms with Crippen molar-refractivity contribution in [1.29, 1.82) is 0 Å². The van der Waals surface area contributed by atoms with E-state index in [0.29, 0.717) is 5.75 Å². The third-order valence-electron chi connectivity index (χ3n) is 3.60. The van der Waals surface area contributed by atoms with Gasteiger partial charge in [0.1, 0.15) is 10.6 Å². The predicted molar refractivity (Wildman–Crippen MR) is 86.5 cm³/mol. The lowest BCUT2D eigenvalue weighted by Crippen LogP contribution is -2.33. The van der Waals surface area contributed by atoms with E-state index >= 15 is 0 Å². The first kappa shape index (κ1) is 16.6. The zero-order valence-corrected chi connectivity index (χ0v) is 13.9. The molecule has 1 heterocycles. The number of benzene rings is 1. The third kappa shape index (κ3) is 3.90. The van der Waals surface area contributed by atoms with Gasteiger partial charge < -0.3 is 9.30 Å². The second-order valence-corrected chi connectivity index (χ2v) is 7.00. The molecule has 1 aromatic carbocycles. The SMILES string of the molecule is COc1ccccc1S(=O)(=O)N[C@H](C)CCc1cccn1C. The fourth-order valence-electron chi connectivity index (χ4n) is 2.35. The fraction of sp³-hybridized carbons (Fsp3) is 0.375. The number of nitrogens with zero attached hydrogens (tertiary/aromatic N) is 1. The summed E-state index contributed by atoms with van der Waals surface area (Å²) in [6.45, 7) is 1.87. The quantitative estimate of drug-likeness (QED) is 0.851. The number of nitrogens with one attached hydrogen (secondary N) is 1. The number of aromatic nitrogens is 1. The standard InChI is InChI=1S/C16H22N2O3S/c1-13(10-11-14-7-6-12-18(14)2)17-22(19,20)16-9-5-4-8-15(16)21-3/h4-9,12-13,17H,10-11H2,1-3H3/t13-/m1/s1. The molecule has 5 nitrogen and oxygen atoms in total. The number of aryl methyl sites for hydroxylation is 2. The predicted octanol–water partition coefficient (Wildman–Crippen LogP) is 2.33. The molecule has 0 saturated carbocycles. The van der Waals surface area contributed by atoms with Crippen LogP contribution in [0, 0.1) is 0 Å². The molecule has 0 spiro atoms. The highest BCUT2D eigenvalue weighted by atomic mass is 32.2. The van der Waals surface area contributed by atoms with Crippen molar-refractivity contribution in [2.75, 3.05) is 7.11 Å². The number of methoxy groups -OCH3 is 1. The smallest absolute Gasteiger partial charge is 0.244 e. The summed E-state index contributed by atoms with van der Waals surface area (Å²) in [4.78, 5) is 0.170. The second kappa shape index (κ2) is 6.98. The first-order valence-electron chi connectivity index (χ1n) is 7.19. The van der Waals surface area contributed by atoms with Crippen LogP contribution in [0.15, 0.2) is 47.5 Å². The Hall–Kier alpha value is -1.79. The van der Waals surface area contributed by atoms with Crippen LogP contribution in [0.4, 0.5) is 0 Å². The Labute approximate surface area is 132 Å². The maximum absolute atomic E-state index is 12.5. The van der Waals surface area contributed by atoms with Gasteiger partial charge in [-0.15, -0.1) is 0 Å². The van der Waals surface area contributed by atoms with Crippen molar-refractivity contribution >= 4 is 10.0 Å². The van der Waals surface area contributed by atoms with Crippen molar-refractivity contribution in [3.8, 4) is 5.75 Å². The Bertz CT molecular complexity index is 722. The minimum atomic E-state index is -3.59. The van der Waals surface area contributed by atoms with Crippen LogP contribution in [-0.2, 0) is 23.5 Å². The van der Waals surface area contributed by atoms with Crippen LogP contribution in [0.5, 0.6) is 5.75 Å². The molecular formula is C16H22N2O3S. The molecule has 6 heteroatoms. The molecule has 1 aromatic heterocycles. The maximum atomic E-state index is 12.5. The Morgan fingerprint density at radius 2 is 1.95 bits per heavy atom. The van der Waals surface area contributed by atoms with Gasteiger partial charge in [-0.25, -0.2) is 13.1 Å². The van der Waals surface area contributed by atoms with Crippen molar-refractivity contribution in [2.24, 2.45) is 7.05 Å². The fourth-order valence-corrected chi connectivity index (χ4v) is 3.80. The van der Waals surface area contributed by atoms with Gasteiger partial charge in [0.15, 0.2) is 0 Å². The molecule has 0 aliphatic carbocycles. The maximum Gasteiger partial charge on any atom is 0.244 e. The van der Waals surface area contributed by atoms with Crippen LogP contribution < -0.4 is 9.46 Å². The van der Waals surface area contributed by atoms with Crippen molar-refractivity contribution < 1.29 is 13.2 Å². The van der Waals surface area contributed by atoms with Gasteiger partial charge in [0.2, 0.25) is 10.0 Å². The number of ether oxygens (including phenoxy) is 1. The molecule has 0 unspecified atom stereocenters. The second-order valence-electron chi connectivity index (χ2n) is 5.32. The van der Waals surface area contributed by atoms with Gasteiger partial charge in [0.05, 0.1) is 7.11 Å². The highest BCUT2D eigenvalue weighted by molar-refractivity contribution is 7.89. The van der Waals surface area contributed by atoms with E-state index in [1.807, 2.05) is 36.9 Å². The average Bonchev–Trinajstić information content (AvgIpc) is 2.90. The summed E-state index contributed by atoms with van der Waals surface area (Å²) in [5.41, 5.74) is 1.18. The molecular weight excluding hydrogens is 300 g/mol.